The van der Waals surface area contributed by atoms with Crippen LogP contribution in [0.1, 0.15) is 29.8 Å². The van der Waals surface area contributed by atoms with Gasteiger partial charge >= 0.3 is 0 Å². The number of nitrogens with zero attached hydrogens (tertiary/aromatic N) is 3. The predicted molar refractivity (Wildman–Crippen MR) is 119 cm³/mol. The lowest BCUT2D eigenvalue weighted by atomic mass is 10.1. The highest BCUT2D eigenvalue weighted by molar-refractivity contribution is 5.94. The number of ether oxygens (including phenoxy) is 2. The number of amides is 2. The van der Waals surface area contributed by atoms with E-state index in [1.54, 1.807) is 38.4 Å². The number of rotatable bonds is 6. The number of hydrogen-bond acceptors (Lipinski definition) is 6. The Kier molecular flexibility index (Phi) is 6.99. The molecule has 1 aliphatic rings. The molecule has 166 valence electrons. The second-order valence-corrected chi connectivity index (χ2v) is 7.68. The molecule has 0 unspecified atom stereocenters. The SMILES string of the molecule is CNC(=O)c1ccc(O[C@@H](C)C(=O)N2CCN(c3ncccc3C)C[C@H]2C)c(OC)c1. The zero-order valence-electron chi connectivity index (χ0n) is 18.7. The van der Waals surface area contributed by atoms with Crippen molar-refractivity contribution in [3.05, 3.63) is 47.7 Å². The first-order valence-corrected chi connectivity index (χ1v) is 10.4. The van der Waals surface area contributed by atoms with E-state index in [2.05, 4.69) is 15.2 Å². The van der Waals surface area contributed by atoms with Gasteiger partial charge in [-0.25, -0.2) is 4.98 Å². The Morgan fingerprint density at radius 2 is 2.00 bits per heavy atom. The first-order chi connectivity index (χ1) is 14.8. The van der Waals surface area contributed by atoms with Gasteiger partial charge in [0.1, 0.15) is 5.82 Å². The van der Waals surface area contributed by atoms with Crippen LogP contribution in [0.25, 0.3) is 0 Å². The van der Waals surface area contributed by atoms with Crippen LogP contribution in [0.4, 0.5) is 5.82 Å². The van der Waals surface area contributed by atoms with Gasteiger partial charge in [0.15, 0.2) is 17.6 Å². The minimum atomic E-state index is -0.690. The largest absolute Gasteiger partial charge is 0.493 e. The lowest BCUT2D eigenvalue weighted by Gasteiger charge is -2.41. The van der Waals surface area contributed by atoms with Crippen molar-refractivity contribution in [2.45, 2.75) is 32.9 Å². The highest BCUT2D eigenvalue weighted by atomic mass is 16.5. The third kappa shape index (κ3) is 4.90. The minimum Gasteiger partial charge on any atom is -0.493 e. The van der Waals surface area contributed by atoms with Gasteiger partial charge in [-0.2, -0.15) is 0 Å². The standard InChI is InChI=1S/C23H30N4O4/c1-15-7-6-10-25-21(15)26-11-12-27(16(2)14-26)23(29)17(3)31-19-9-8-18(22(28)24-4)13-20(19)30-5/h6-10,13,16-17H,11-12,14H2,1-5H3,(H,24,28)/t16-,17+/m1/s1. The zero-order valence-corrected chi connectivity index (χ0v) is 18.7. The molecule has 1 saturated heterocycles. The number of methoxy groups -OCH3 is 1. The fourth-order valence-electron chi connectivity index (χ4n) is 3.81. The van der Waals surface area contributed by atoms with Crippen LogP contribution in [0, 0.1) is 6.92 Å². The molecule has 2 aromatic rings. The summed E-state index contributed by atoms with van der Waals surface area (Å²) in [6.45, 7) is 7.83. The summed E-state index contributed by atoms with van der Waals surface area (Å²) < 4.78 is 11.3. The quantitative estimate of drug-likeness (QED) is 0.763. The molecule has 3 rings (SSSR count). The second-order valence-electron chi connectivity index (χ2n) is 7.68. The molecule has 1 aliphatic heterocycles. The molecule has 0 saturated carbocycles. The van der Waals surface area contributed by atoms with E-state index in [9.17, 15) is 9.59 Å². The van der Waals surface area contributed by atoms with E-state index in [4.69, 9.17) is 9.47 Å². The maximum Gasteiger partial charge on any atom is 0.263 e. The van der Waals surface area contributed by atoms with Crippen LogP contribution < -0.4 is 19.7 Å². The van der Waals surface area contributed by atoms with Gasteiger partial charge in [0.05, 0.1) is 7.11 Å². The summed E-state index contributed by atoms with van der Waals surface area (Å²) in [5, 5.41) is 2.57. The van der Waals surface area contributed by atoms with Crippen LogP contribution in [-0.4, -0.2) is 67.6 Å². The van der Waals surface area contributed by atoms with Crippen LogP contribution in [0.5, 0.6) is 11.5 Å². The molecule has 0 spiro atoms. The number of nitrogens with one attached hydrogen (secondary N) is 1. The molecule has 1 aromatic heterocycles. The molecule has 2 heterocycles. The van der Waals surface area contributed by atoms with Crippen molar-refractivity contribution in [3.63, 3.8) is 0 Å². The van der Waals surface area contributed by atoms with Crippen LogP contribution in [0.15, 0.2) is 36.5 Å². The number of aryl methyl sites for hydroxylation is 1. The monoisotopic (exact) mass is 426 g/mol. The van der Waals surface area contributed by atoms with Crippen molar-refractivity contribution in [1.29, 1.82) is 0 Å². The van der Waals surface area contributed by atoms with E-state index < -0.39 is 6.10 Å². The first-order valence-electron chi connectivity index (χ1n) is 10.4. The number of aromatic nitrogens is 1. The smallest absolute Gasteiger partial charge is 0.263 e. The Morgan fingerprint density at radius 3 is 2.65 bits per heavy atom. The number of hydrogen-bond donors (Lipinski definition) is 1. The van der Waals surface area contributed by atoms with E-state index in [-0.39, 0.29) is 17.9 Å². The Bertz CT molecular complexity index is 949. The summed E-state index contributed by atoms with van der Waals surface area (Å²) in [7, 11) is 3.07. The van der Waals surface area contributed by atoms with Crippen LogP contribution in [0.2, 0.25) is 0 Å². The molecule has 1 N–H and O–H groups in total. The molecule has 8 nitrogen and oxygen atoms in total. The van der Waals surface area contributed by atoms with Crippen LogP contribution in [-0.2, 0) is 4.79 Å². The molecular formula is C23H30N4O4. The zero-order chi connectivity index (χ0) is 22.5. The Labute approximate surface area is 183 Å². The Morgan fingerprint density at radius 1 is 1.23 bits per heavy atom. The summed E-state index contributed by atoms with van der Waals surface area (Å²) in [6, 6.07) is 8.89. The van der Waals surface area contributed by atoms with Gasteiger partial charge in [-0.15, -0.1) is 0 Å². The summed E-state index contributed by atoms with van der Waals surface area (Å²) in [5.41, 5.74) is 1.58. The Balaban J connectivity index is 1.67. The normalized spacial score (nSPS) is 17.1. The Hall–Kier alpha value is -3.29. The van der Waals surface area contributed by atoms with Gasteiger partial charge in [-0.1, -0.05) is 6.07 Å². The maximum atomic E-state index is 13.1. The fourth-order valence-corrected chi connectivity index (χ4v) is 3.81. The molecule has 31 heavy (non-hydrogen) atoms. The van der Waals surface area contributed by atoms with Crippen LogP contribution in [0.3, 0.4) is 0 Å². The van der Waals surface area contributed by atoms with Gasteiger partial charge in [-0.05, 0) is 50.6 Å². The predicted octanol–water partition coefficient (Wildman–Crippen LogP) is 2.26. The van der Waals surface area contributed by atoms with Crippen molar-refractivity contribution in [1.82, 2.24) is 15.2 Å². The third-order valence-electron chi connectivity index (χ3n) is 5.50. The molecule has 2 amide bonds. The first kappa shape index (κ1) is 22.4. The highest BCUT2D eigenvalue weighted by Gasteiger charge is 2.32. The average Bonchev–Trinajstić information content (AvgIpc) is 2.78. The molecule has 1 fully saturated rings. The van der Waals surface area contributed by atoms with E-state index in [1.165, 1.54) is 7.11 Å². The van der Waals surface area contributed by atoms with Gasteiger partial charge in [0.25, 0.3) is 11.8 Å². The van der Waals surface area contributed by atoms with Gasteiger partial charge < -0.3 is 24.6 Å². The van der Waals surface area contributed by atoms with E-state index in [1.807, 2.05) is 30.9 Å². The van der Waals surface area contributed by atoms with Crippen molar-refractivity contribution in [2.24, 2.45) is 0 Å². The lowest BCUT2D eigenvalue weighted by molar-refractivity contribution is -0.140. The third-order valence-corrected chi connectivity index (χ3v) is 5.50. The summed E-state index contributed by atoms with van der Waals surface area (Å²) in [5.74, 6) is 1.49. The summed E-state index contributed by atoms with van der Waals surface area (Å²) in [4.78, 5) is 33.5. The van der Waals surface area contributed by atoms with E-state index in [0.717, 1.165) is 11.4 Å². The maximum absolute atomic E-state index is 13.1. The molecule has 0 radical (unpaired) electrons. The second kappa shape index (κ2) is 9.68. The number of carbonyl (C=O) groups is 2. The van der Waals surface area contributed by atoms with Gasteiger partial charge in [0.2, 0.25) is 0 Å². The molecule has 0 aliphatic carbocycles. The number of anilines is 1. The fraction of sp³-hybridized carbons (Fsp3) is 0.435. The molecule has 0 bridgehead atoms. The average molecular weight is 427 g/mol. The lowest BCUT2D eigenvalue weighted by Crippen LogP contribution is -2.57. The summed E-state index contributed by atoms with van der Waals surface area (Å²) >= 11 is 0. The van der Waals surface area contributed by atoms with E-state index in [0.29, 0.717) is 36.7 Å². The number of piperazine rings is 1. The minimum absolute atomic E-state index is 0.0197. The van der Waals surface area contributed by atoms with Crippen molar-refractivity contribution >= 4 is 17.6 Å². The molecular weight excluding hydrogens is 396 g/mol. The van der Waals surface area contributed by atoms with Crippen molar-refractivity contribution in [3.8, 4) is 11.5 Å². The molecule has 1 aromatic carbocycles. The van der Waals surface area contributed by atoms with Crippen molar-refractivity contribution < 1.29 is 19.1 Å². The highest BCUT2D eigenvalue weighted by Crippen LogP contribution is 2.29. The van der Waals surface area contributed by atoms with Gasteiger partial charge in [-0.3, -0.25) is 9.59 Å². The number of carbonyl (C=O) groups excluding carboxylic acids is 2. The van der Waals surface area contributed by atoms with E-state index >= 15 is 0 Å². The topological polar surface area (TPSA) is 84.0 Å². The molecule has 2 atom stereocenters. The van der Waals surface area contributed by atoms with Gasteiger partial charge in [0, 0.05) is 44.5 Å². The molecule has 8 heteroatoms. The van der Waals surface area contributed by atoms with Crippen molar-refractivity contribution in [2.75, 3.05) is 38.7 Å². The number of pyridine rings is 1. The summed E-state index contributed by atoms with van der Waals surface area (Å²) in [6.07, 6.45) is 1.11. The van der Waals surface area contributed by atoms with Crippen LogP contribution >= 0.6 is 0 Å². The number of benzene rings is 1.